The van der Waals surface area contributed by atoms with Crippen molar-refractivity contribution in [3.8, 4) is 5.69 Å². The van der Waals surface area contributed by atoms with Gasteiger partial charge in [-0.05, 0) is 47.9 Å². The third kappa shape index (κ3) is 3.98. The summed E-state index contributed by atoms with van der Waals surface area (Å²) in [6.45, 7) is 2.02. The Morgan fingerprint density at radius 2 is 1.91 bits per heavy atom. The maximum absolute atomic E-state index is 12.1. The lowest BCUT2D eigenvalue weighted by molar-refractivity contribution is -0.694. The van der Waals surface area contributed by atoms with Crippen LogP contribution in [0.3, 0.4) is 0 Å². The van der Waals surface area contributed by atoms with Crippen LogP contribution < -0.4 is 10.00 Å². The Balaban J connectivity index is 1.62. The number of aromatic nitrogens is 3. The molecule has 2 N–H and O–H groups in total. The first-order valence-corrected chi connectivity index (χ1v) is 8.21. The number of H-pyrrole nitrogens is 1. The zero-order chi connectivity index (χ0) is 16.1. The highest BCUT2D eigenvalue weighted by Crippen LogP contribution is 2.14. The average Bonchev–Trinajstić information content (AvgIpc) is 3.04. The first-order valence-electron chi connectivity index (χ1n) is 7.22. The smallest absolute Gasteiger partial charge is 0.325 e. The second kappa shape index (κ2) is 7.11. The summed E-state index contributed by atoms with van der Waals surface area (Å²) in [5.74, 6) is 0.243. The standard InChI is InChI=1S/C17H16N4OS/c1-13-7-9-14(10-8-13)20-16(22)11-23-17-18-12-19-21(17)15-5-3-2-4-6-15/h2-10,12H,11H2,1H3,(H,20,22)/p+1. The fraction of sp³-hybridized carbons (Fsp3) is 0.118. The van der Waals surface area contributed by atoms with E-state index in [0.717, 1.165) is 22.1 Å². The third-order valence-corrected chi connectivity index (χ3v) is 4.19. The molecule has 3 aromatic rings. The highest BCUT2D eigenvalue weighted by atomic mass is 32.2. The molecule has 0 saturated carbocycles. The molecule has 3 rings (SSSR count). The van der Waals surface area contributed by atoms with Gasteiger partial charge in [0.15, 0.2) is 5.69 Å². The van der Waals surface area contributed by atoms with Crippen molar-refractivity contribution in [1.29, 1.82) is 0 Å². The van der Waals surface area contributed by atoms with Gasteiger partial charge in [0, 0.05) is 5.69 Å². The van der Waals surface area contributed by atoms with Gasteiger partial charge in [-0.1, -0.05) is 35.9 Å². The lowest BCUT2D eigenvalue weighted by Crippen LogP contribution is -2.35. The minimum Gasteiger partial charge on any atom is -0.325 e. The Bertz CT molecular complexity index is 784. The molecule has 1 heterocycles. The van der Waals surface area contributed by atoms with Crippen LogP contribution >= 0.6 is 11.8 Å². The van der Waals surface area contributed by atoms with Crippen LogP contribution in [-0.4, -0.2) is 21.7 Å². The Kier molecular flexibility index (Phi) is 4.73. The molecule has 116 valence electrons. The van der Waals surface area contributed by atoms with Crippen molar-refractivity contribution in [3.05, 3.63) is 66.5 Å². The van der Waals surface area contributed by atoms with E-state index in [1.54, 1.807) is 6.33 Å². The van der Waals surface area contributed by atoms with E-state index in [-0.39, 0.29) is 5.91 Å². The molecule has 5 nitrogen and oxygen atoms in total. The summed E-state index contributed by atoms with van der Waals surface area (Å²) in [5, 5.41) is 6.68. The number of thioether (sulfide) groups is 1. The monoisotopic (exact) mass is 325 g/mol. The highest BCUT2D eigenvalue weighted by molar-refractivity contribution is 7.99. The number of nitrogens with zero attached hydrogens (tertiary/aromatic N) is 2. The van der Waals surface area contributed by atoms with Crippen molar-refractivity contribution in [2.24, 2.45) is 0 Å². The minimum absolute atomic E-state index is 0.0542. The van der Waals surface area contributed by atoms with E-state index >= 15 is 0 Å². The van der Waals surface area contributed by atoms with E-state index in [0.29, 0.717) is 5.75 Å². The van der Waals surface area contributed by atoms with Crippen LogP contribution in [-0.2, 0) is 4.79 Å². The molecule has 0 unspecified atom stereocenters. The Morgan fingerprint density at radius 3 is 2.65 bits per heavy atom. The van der Waals surface area contributed by atoms with Gasteiger partial charge in [-0.15, -0.1) is 4.68 Å². The third-order valence-electron chi connectivity index (χ3n) is 3.24. The largest absolute Gasteiger partial charge is 0.385 e. The van der Waals surface area contributed by atoms with Gasteiger partial charge in [0.2, 0.25) is 12.2 Å². The van der Waals surface area contributed by atoms with E-state index < -0.39 is 0 Å². The van der Waals surface area contributed by atoms with Gasteiger partial charge in [0.1, 0.15) is 0 Å². The Morgan fingerprint density at radius 1 is 1.17 bits per heavy atom. The van der Waals surface area contributed by atoms with Crippen LogP contribution in [0.5, 0.6) is 0 Å². The lowest BCUT2D eigenvalue weighted by atomic mass is 10.2. The molecule has 0 aliphatic rings. The number of hydrogen-bond acceptors (Lipinski definition) is 3. The van der Waals surface area contributed by atoms with E-state index in [1.165, 1.54) is 11.8 Å². The zero-order valence-corrected chi connectivity index (χ0v) is 13.5. The summed E-state index contributed by atoms with van der Waals surface area (Å²) in [4.78, 5) is 16.3. The van der Waals surface area contributed by atoms with Crippen LogP contribution in [0.2, 0.25) is 0 Å². The summed E-state index contributed by atoms with van der Waals surface area (Å²) in [6.07, 6.45) is 1.62. The van der Waals surface area contributed by atoms with Gasteiger partial charge in [0.05, 0.1) is 5.75 Å². The van der Waals surface area contributed by atoms with Crippen LogP contribution in [0.4, 0.5) is 5.69 Å². The maximum atomic E-state index is 12.1. The number of amides is 1. The molecular formula is C17H17N4OS+. The number of nitrogens with one attached hydrogen (secondary N) is 2. The van der Waals surface area contributed by atoms with E-state index in [1.807, 2.05) is 66.2 Å². The average molecular weight is 325 g/mol. The molecule has 1 amide bonds. The highest BCUT2D eigenvalue weighted by Gasteiger charge is 2.18. The molecule has 0 saturated heterocycles. The summed E-state index contributed by atoms with van der Waals surface area (Å²) in [6, 6.07) is 17.6. The van der Waals surface area contributed by atoms with Crippen LogP contribution in [0.15, 0.2) is 66.1 Å². The molecule has 0 radical (unpaired) electrons. The predicted molar refractivity (Wildman–Crippen MR) is 90.7 cm³/mol. The molecule has 0 aliphatic carbocycles. The van der Waals surface area contributed by atoms with Crippen molar-refractivity contribution in [3.63, 3.8) is 0 Å². The van der Waals surface area contributed by atoms with Crippen LogP contribution in [0, 0.1) is 6.92 Å². The van der Waals surface area contributed by atoms with E-state index in [2.05, 4.69) is 15.4 Å². The molecule has 0 spiro atoms. The number of para-hydroxylation sites is 1. The molecule has 1 aromatic heterocycles. The maximum Gasteiger partial charge on any atom is 0.385 e. The fourth-order valence-corrected chi connectivity index (χ4v) is 2.83. The van der Waals surface area contributed by atoms with Crippen molar-refractivity contribution in [2.45, 2.75) is 12.1 Å². The topological polar surface area (TPSA) is 61.7 Å². The number of carbonyl (C=O) groups is 1. The van der Waals surface area contributed by atoms with Gasteiger partial charge in [-0.25, -0.2) is 0 Å². The van der Waals surface area contributed by atoms with Gasteiger partial charge in [-0.2, -0.15) is 5.10 Å². The quantitative estimate of drug-likeness (QED) is 0.560. The van der Waals surface area contributed by atoms with Gasteiger partial charge < -0.3 is 5.32 Å². The zero-order valence-electron chi connectivity index (χ0n) is 12.7. The van der Waals surface area contributed by atoms with E-state index in [4.69, 9.17) is 0 Å². The first kappa shape index (κ1) is 15.3. The summed E-state index contributed by atoms with van der Waals surface area (Å²) in [5.41, 5.74) is 2.95. The van der Waals surface area contributed by atoms with Crippen LogP contribution in [0.1, 0.15) is 5.56 Å². The molecule has 0 bridgehead atoms. The number of aromatic amines is 1. The summed E-state index contributed by atoms with van der Waals surface area (Å²) in [7, 11) is 0. The summed E-state index contributed by atoms with van der Waals surface area (Å²) < 4.78 is 1.85. The summed E-state index contributed by atoms with van der Waals surface area (Å²) >= 11 is 1.39. The second-order valence-corrected chi connectivity index (χ2v) is 5.99. The van der Waals surface area contributed by atoms with Crippen molar-refractivity contribution in [2.75, 3.05) is 11.1 Å². The molecular weight excluding hydrogens is 308 g/mol. The Labute approximate surface area is 138 Å². The Hall–Kier alpha value is -2.60. The number of rotatable bonds is 5. The predicted octanol–water partition coefficient (Wildman–Crippen LogP) is 2.73. The second-order valence-electron chi connectivity index (χ2n) is 5.04. The molecule has 0 aliphatic heterocycles. The minimum atomic E-state index is -0.0542. The van der Waals surface area contributed by atoms with Crippen molar-refractivity contribution in [1.82, 2.24) is 10.1 Å². The lowest BCUT2D eigenvalue weighted by Gasteiger charge is -2.04. The normalized spacial score (nSPS) is 10.5. The number of anilines is 1. The van der Waals surface area contributed by atoms with Crippen molar-refractivity contribution < 1.29 is 9.48 Å². The fourth-order valence-electron chi connectivity index (χ4n) is 2.08. The molecule has 0 atom stereocenters. The first-order chi connectivity index (χ1) is 11.2. The molecule has 6 heteroatoms. The number of carbonyl (C=O) groups excluding carboxylic acids is 1. The van der Waals surface area contributed by atoms with Gasteiger partial charge in [-0.3, -0.25) is 4.79 Å². The number of hydrogen-bond donors (Lipinski definition) is 2. The molecule has 0 fully saturated rings. The number of benzene rings is 2. The number of aryl methyl sites for hydroxylation is 1. The van der Waals surface area contributed by atoms with Crippen LogP contribution in [0.25, 0.3) is 5.69 Å². The van der Waals surface area contributed by atoms with E-state index in [9.17, 15) is 4.79 Å². The van der Waals surface area contributed by atoms with Gasteiger partial charge >= 0.3 is 5.16 Å². The SMILES string of the molecule is Cc1ccc(NC(=O)CSc2nc[nH][n+]2-c2ccccc2)cc1. The van der Waals surface area contributed by atoms with Gasteiger partial charge in [0.25, 0.3) is 0 Å². The molecule has 23 heavy (non-hydrogen) atoms. The van der Waals surface area contributed by atoms with Crippen molar-refractivity contribution >= 4 is 23.4 Å². The molecule has 2 aromatic carbocycles.